The van der Waals surface area contributed by atoms with E-state index in [2.05, 4.69) is 43.2 Å². The second-order valence-electron chi connectivity index (χ2n) is 9.66. The topological polar surface area (TPSA) is 113 Å². The van der Waals surface area contributed by atoms with Crippen molar-refractivity contribution in [3.8, 4) is 0 Å². The number of rotatable bonds is 4. The molecule has 144 valence electrons. The van der Waals surface area contributed by atoms with Crippen LogP contribution >= 0.6 is 0 Å². The molecule has 1 heterocycles. The molecular weight excluding hydrogens is 337 g/mol. The standard InChI is InChI=1S/C16H31B4N5O2/c1-6-8(17)9(18)10(16(19,20)11(6)26)23-13-7(12(21)27)5-22-14(24-13)25-15(2,3)4/h5-6,8-11,26H,17-20H2,1-4H3,(H2,21,27)(H2,22,23,24,25). The molecule has 11 heteroatoms. The number of anilines is 2. The number of primary amides is 1. The Morgan fingerprint density at radius 2 is 1.89 bits per heavy atom. The lowest BCUT2D eigenvalue weighted by Gasteiger charge is -2.53. The lowest BCUT2D eigenvalue weighted by Crippen LogP contribution is -2.55. The zero-order valence-corrected chi connectivity index (χ0v) is 17.8. The number of nitrogens with zero attached hydrogens (tertiary/aromatic N) is 2. The number of aliphatic hydroxyl groups is 1. The van der Waals surface area contributed by atoms with Crippen molar-refractivity contribution >= 4 is 49.1 Å². The molecule has 0 aromatic carbocycles. The van der Waals surface area contributed by atoms with Gasteiger partial charge in [-0.1, -0.05) is 18.6 Å². The van der Waals surface area contributed by atoms with Crippen LogP contribution in [0.15, 0.2) is 6.20 Å². The monoisotopic (exact) mass is 369 g/mol. The Morgan fingerprint density at radius 3 is 2.41 bits per heavy atom. The molecule has 2 rings (SSSR count). The van der Waals surface area contributed by atoms with Crippen molar-refractivity contribution < 1.29 is 9.90 Å². The van der Waals surface area contributed by atoms with E-state index < -0.39 is 17.2 Å². The fourth-order valence-electron chi connectivity index (χ4n) is 4.14. The molecule has 27 heavy (non-hydrogen) atoms. The van der Waals surface area contributed by atoms with Crippen LogP contribution in [0.3, 0.4) is 0 Å². The largest absolute Gasteiger partial charge is 0.394 e. The molecule has 1 aliphatic rings. The first-order chi connectivity index (χ1) is 12.3. The minimum atomic E-state index is -0.581. The Kier molecular flexibility index (Phi) is 5.95. The minimum Gasteiger partial charge on any atom is -0.394 e. The Bertz CT molecular complexity index is 713. The van der Waals surface area contributed by atoms with Gasteiger partial charge in [0.15, 0.2) is 0 Å². The summed E-state index contributed by atoms with van der Waals surface area (Å²) in [6.07, 6.45) is 0.988. The summed E-state index contributed by atoms with van der Waals surface area (Å²) in [5, 5.41) is 17.1. The quantitative estimate of drug-likeness (QED) is 0.449. The summed E-state index contributed by atoms with van der Waals surface area (Å²) in [6.45, 7) is 8.13. The molecule has 7 nitrogen and oxygen atoms in total. The third-order valence-corrected chi connectivity index (χ3v) is 6.08. The van der Waals surface area contributed by atoms with Gasteiger partial charge in [0.1, 0.15) is 37.2 Å². The average molecular weight is 369 g/mol. The number of nitrogens with two attached hydrogens (primary N) is 1. The number of carbonyl (C=O) groups is 1. The average Bonchev–Trinajstić information content (AvgIpc) is 2.54. The van der Waals surface area contributed by atoms with Crippen LogP contribution in [0.2, 0.25) is 16.8 Å². The Balaban J connectivity index is 2.44. The number of aromatic nitrogens is 2. The maximum absolute atomic E-state index is 11.9. The SMILES string of the molecule is BC1C(B)C(Nc2nc(NC(C)(C)C)ncc2C(N)=O)C(B)(B)C(O)C1C. The number of amides is 1. The van der Waals surface area contributed by atoms with Gasteiger partial charge >= 0.3 is 0 Å². The second-order valence-corrected chi connectivity index (χ2v) is 9.66. The molecule has 0 radical (unpaired) electrons. The molecule has 1 aromatic rings. The van der Waals surface area contributed by atoms with E-state index in [0.29, 0.717) is 17.6 Å². The van der Waals surface area contributed by atoms with Crippen LogP contribution in [0.25, 0.3) is 0 Å². The van der Waals surface area contributed by atoms with E-state index in [1.165, 1.54) is 6.20 Å². The van der Waals surface area contributed by atoms with Gasteiger partial charge in [-0.15, -0.1) is 0 Å². The molecule has 0 aliphatic heterocycles. The van der Waals surface area contributed by atoms with Crippen molar-refractivity contribution in [1.29, 1.82) is 0 Å². The van der Waals surface area contributed by atoms with Gasteiger partial charge in [0.25, 0.3) is 5.91 Å². The maximum atomic E-state index is 11.9. The molecule has 1 aliphatic carbocycles. The highest BCUT2D eigenvalue weighted by atomic mass is 16.3. The highest BCUT2D eigenvalue weighted by Crippen LogP contribution is 2.51. The van der Waals surface area contributed by atoms with Gasteiger partial charge in [-0.25, -0.2) is 4.98 Å². The van der Waals surface area contributed by atoms with E-state index in [1.54, 1.807) is 0 Å². The van der Waals surface area contributed by atoms with E-state index in [4.69, 9.17) is 5.73 Å². The molecule has 5 atom stereocenters. The number of aliphatic hydroxyl groups excluding tert-OH is 1. The summed E-state index contributed by atoms with van der Waals surface area (Å²) in [6, 6.07) is -0.0748. The van der Waals surface area contributed by atoms with Gasteiger partial charge in [-0.2, -0.15) is 4.98 Å². The van der Waals surface area contributed by atoms with Gasteiger partial charge in [0.05, 0.1) is 5.56 Å². The molecule has 0 saturated heterocycles. The van der Waals surface area contributed by atoms with Crippen LogP contribution < -0.4 is 16.4 Å². The van der Waals surface area contributed by atoms with Crippen molar-refractivity contribution in [3.05, 3.63) is 11.8 Å². The van der Waals surface area contributed by atoms with Crippen molar-refractivity contribution in [2.24, 2.45) is 11.7 Å². The summed E-state index contributed by atoms with van der Waals surface area (Å²) in [5.41, 5.74) is 5.58. The molecular formula is C16H31B4N5O2. The fourth-order valence-corrected chi connectivity index (χ4v) is 4.14. The van der Waals surface area contributed by atoms with Crippen LogP contribution in [0.4, 0.5) is 11.8 Å². The Hall–Kier alpha value is -1.63. The summed E-state index contributed by atoms with van der Waals surface area (Å²) >= 11 is 0. The molecule has 0 bridgehead atoms. The van der Waals surface area contributed by atoms with Crippen molar-refractivity contribution in [1.82, 2.24) is 9.97 Å². The molecule has 0 spiro atoms. The molecule has 5 unspecified atom stereocenters. The molecule has 1 amide bonds. The summed E-state index contributed by atoms with van der Waals surface area (Å²) in [7, 11) is 8.43. The number of hydrogen-bond donors (Lipinski definition) is 4. The van der Waals surface area contributed by atoms with E-state index in [-0.39, 0.29) is 28.9 Å². The van der Waals surface area contributed by atoms with Gasteiger partial charge in [0.2, 0.25) is 5.95 Å². The minimum absolute atomic E-state index is 0.0748. The van der Waals surface area contributed by atoms with E-state index >= 15 is 0 Å². The summed E-state index contributed by atoms with van der Waals surface area (Å²) in [5.74, 6) is 1.03. The molecule has 1 aromatic heterocycles. The lowest BCUT2D eigenvalue weighted by molar-refractivity contribution is 0.0613. The Morgan fingerprint density at radius 1 is 1.30 bits per heavy atom. The van der Waals surface area contributed by atoms with Crippen LogP contribution in [-0.4, -0.2) is 70.1 Å². The van der Waals surface area contributed by atoms with Gasteiger partial charge in [-0.3, -0.25) is 4.79 Å². The molecule has 5 N–H and O–H groups in total. The van der Waals surface area contributed by atoms with Crippen LogP contribution in [-0.2, 0) is 0 Å². The highest BCUT2D eigenvalue weighted by Gasteiger charge is 2.49. The zero-order valence-electron chi connectivity index (χ0n) is 17.8. The van der Waals surface area contributed by atoms with Crippen molar-refractivity contribution in [2.75, 3.05) is 10.6 Å². The number of carbonyl (C=O) groups excluding carboxylic acids is 1. The van der Waals surface area contributed by atoms with E-state index in [0.717, 1.165) is 0 Å². The van der Waals surface area contributed by atoms with Crippen molar-refractivity contribution in [3.63, 3.8) is 0 Å². The number of hydrogen-bond acceptors (Lipinski definition) is 6. The lowest BCUT2D eigenvalue weighted by atomic mass is 9.35. The first-order valence-corrected chi connectivity index (χ1v) is 9.65. The van der Waals surface area contributed by atoms with Crippen LogP contribution in [0.5, 0.6) is 0 Å². The van der Waals surface area contributed by atoms with Gasteiger partial charge in [-0.05, 0) is 31.9 Å². The zero-order chi connectivity index (χ0) is 20.7. The van der Waals surface area contributed by atoms with Gasteiger partial charge < -0.3 is 21.5 Å². The number of nitrogens with one attached hydrogen (secondary N) is 2. The van der Waals surface area contributed by atoms with E-state index in [9.17, 15) is 9.90 Å². The predicted octanol–water partition coefficient (Wildman–Crippen LogP) is -2.20. The third-order valence-electron chi connectivity index (χ3n) is 6.08. The summed E-state index contributed by atoms with van der Waals surface area (Å²) < 4.78 is 0. The summed E-state index contributed by atoms with van der Waals surface area (Å²) in [4.78, 5) is 20.7. The fraction of sp³-hybridized carbons (Fsp3) is 0.688. The van der Waals surface area contributed by atoms with Crippen molar-refractivity contribution in [2.45, 2.75) is 62.2 Å². The molecule has 1 fully saturated rings. The first kappa shape index (κ1) is 21.7. The maximum Gasteiger partial charge on any atom is 0.254 e. The Labute approximate surface area is 165 Å². The second kappa shape index (κ2) is 7.41. The van der Waals surface area contributed by atoms with E-state index in [1.807, 2.05) is 36.5 Å². The third kappa shape index (κ3) is 4.45. The van der Waals surface area contributed by atoms with Crippen LogP contribution in [0.1, 0.15) is 38.1 Å². The van der Waals surface area contributed by atoms with Gasteiger partial charge in [0, 0.05) is 23.9 Å². The highest BCUT2D eigenvalue weighted by molar-refractivity contribution is 6.42. The smallest absolute Gasteiger partial charge is 0.254 e. The molecule has 1 saturated carbocycles. The van der Waals surface area contributed by atoms with Crippen LogP contribution in [0, 0.1) is 5.92 Å². The first-order valence-electron chi connectivity index (χ1n) is 9.65. The predicted molar refractivity (Wildman–Crippen MR) is 121 cm³/mol. The normalized spacial score (nSPS) is 30.5.